The molecule has 0 spiro atoms. The van der Waals surface area contributed by atoms with Gasteiger partial charge in [-0.2, -0.15) is 0 Å². The van der Waals surface area contributed by atoms with Crippen LogP contribution in [0.15, 0.2) is 218 Å². The molecule has 1 aliphatic rings. The van der Waals surface area contributed by atoms with Crippen LogP contribution in [0.4, 0.5) is 0 Å². The molecule has 9 rings (SSSR count). The Hall–Kier alpha value is -9.16. The van der Waals surface area contributed by atoms with E-state index in [1.165, 1.54) is 9.80 Å². The predicted octanol–water partition coefficient (Wildman–Crippen LogP) is 12.3. The van der Waals surface area contributed by atoms with E-state index < -0.39 is 47.4 Å². The smallest absolute Gasteiger partial charge is 0.308 e. The van der Waals surface area contributed by atoms with Crippen molar-refractivity contribution in [2.24, 2.45) is 23.7 Å². The molecule has 8 aromatic carbocycles. The largest absolute Gasteiger partial charge is 0.481 e. The maximum absolute atomic E-state index is 15.3. The lowest BCUT2D eigenvalue weighted by Gasteiger charge is -2.48. The van der Waals surface area contributed by atoms with E-state index in [2.05, 4.69) is 0 Å². The summed E-state index contributed by atoms with van der Waals surface area (Å²) in [7, 11) is 0. The molecule has 12 heteroatoms. The maximum atomic E-state index is 15.3. The first-order chi connectivity index (χ1) is 35.1. The number of amides is 2. The normalized spacial score (nSPS) is 15.8. The average Bonchev–Trinajstić information content (AvgIpc) is 3.39. The van der Waals surface area contributed by atoms with Gasteiger partial charge in [0.15, 0.2) is 0 Å². The number of carbonyl (C=O) groups is 4. The Balaban J connectivity index is 1.02. The van der Waals surface area contributed by atoms with Crippen LogP contribution in [0.2, 0.25) is 0 Å². The van der Waals surface area contributed by atoms with Gasteiger partial charge < -0.3 is 39.0 Å². The van der Waals surface area contributed by atoms with Crippen LogP contribution in [0.5, 0.6) is 46.0 Å². The fraction of sp³-hybridized carbons (Fsp3) is 0.133. The van der Waals surface area contributed by atoms with Gasteiger partial charge in [0.25, 0.3) is 0 Å². The first-order valence-corrected chi connectivity index (χ1v) is 23.4. The quantitative estimate of drug-likeness (QED) is 0.0755. The van der Waals surface area contributed by atoms with Gasteiger partial charge in [0.2, 0.25) is 11.8 Å². The molecule has 2 N–H and O–H groups in total. The highest BCUT2D eigenvalue weighted by Crippen LogP contribution is 2.49. The van der Waals surface area contributed by atoms with Gasteiger partial charge in [0, 0.05) is 26.2 Å². The van der Waals surface area contributed by atoms with Crippen molar-refractivity contribution in [3.8, 4) is 46.0 Å². The minimum Gasteiger partial charge on any atom is -0.481 e. The summed E-state index contributed by atoms with van der Waals surface area (Å²) in [5.74, 6) is -5.90. The minimum absolute atomic E-state index is 0.00667. The number of nitrogens with zero attached hydrogens (tertiary/aromatic N) is 2. The fourth-order valence-corrected chi connectivity index (χ4v) is 8.85. The van der Waals surface area contributed by atoms with E-state index in [0.29, 0.717) is 68.2 Å². The van der Waals surface area contributed by atoms with Crippen molar-refractivity contribution >= 4 is 23.8 Å². The summed E-state index contributed by atoms with van der Waals surface area (Å²) in [6.45, 7) is 0.0267. The molecule has 72 heavy (non-hydrogen) atoms. The number of para-hydroxylation sites is 4. The van der Waals surface area contributed by atoms with E-state index in [1.54, 1.807) is 48.5 Å². The Morgan fingerprint density at radius 1 is 0.292 bits per heavy atom. The lowest BCUT2D eigenvalue weighted by molar-refractivity contribution is -0.188. The van der Waals surface area contributed by atoms with Gasteiger partial charge in [0.05, 0.1) is 23.7 Å². The number of carboxylic acid groups (broad SMARTS) is 2. The molecule has 1 saturated carbocycles. The monoisotopic (exact) mass is 958 g/mol. The topological polar surface area (TPSA) is 152 Å². The molecule has 0 heterocycles. The Morgan fingerprint density at radius 3 is 0.681 bits per heavy atom. The van der Waals surface area contributed by atoms with E-state index in [1.807, 2.05) is 170 Å². The Labute approximate surface area is 416 Å². The van der Waals surface area contributed by atoms with E-state index >= 15 is 9.59 Å². The molecular weight excluding hydrogens is 909 g/mol. The standard InChI is InChI=1S/C60H50N2O10/c63-57(61(37-41-21-29-49(30-22-41)69-45-13-5-1-6-14-45)38-42-23-31-50(32-24-42)70-46-15-7-2-8-16-46)53-54(56(60(67)68)55(53)59(65)66)58(64)62(39-43-25-33-51(34-26-43)71-47-17-9-3-10-18-47)40-44-27-35-52(36-28-44)72-48-19-11-4-12-20-48/h1-36,53-56H,37-40H2,(H,65,66)(H,67,68)/t53-,54-,55-,56-/m1/s1. The number of hydrogen-bond donors (Lipinski definition) is 2. The number of carbonyl (C=O) groups excluding carboxylic acids is 2. The summed E-state index contributed by atoms with van der Waals surface area (Å²) in [5, 5.41) is 21.4. The Bertz CT molecular complexity index is 2680. The van der Waals surface area contributed by atoms with E-state index in [0.717, 1.165) is 0 Å². The van der Waals surface area contributed by atoms with E-state index in [9.17, 15) is 19.8 Å². The number of hydrogen-bond acceptors (Lipinski definition) is 8. The number of ether oxygens (including phenoxy) is 4. The highest BCUT2D eigenvalue weighted by molar-refractivity contribution is 5.99. The molecule has 360 valence electrons. The van der Waals surface area contributed by atoms with Crippen LogP contribution < -0.4 is 18.9 Å². The van der Waals surface area contributed by atoms with Crippen molar-refractivity contribution in [3.05, 3.63) is 241 Å². The molecule has 0 radical (unpaired) electrons. The third-order valence-corrected chi connectivity index (χ3v) is 12.4. The van der Waals surface area contributed by atoms with Gasteiger partial charge in [-0.3, -0.25) is 19.2 Å². The fourth-order valence-electron chi connectivity index (χ4n) is 8.85. The van der Waals surface area contributed by atoms with Crippen LogP contribution in [0, 0.1) is 23.7 Å². The molecule has 0 saturated heterocycles. The van der Waals surface area contributed by atoms with Crippen LogP contribution in [0.1, 0.15) is 22.3 Å². The van der Waals surface area contributed by atoms with E-state index in [-0.39, 0.29) is 26.2 Å². The van der Waals surface area contributed by atoms with Crippen molar-refractivity contribution in [1.29, 1.82) is 0 Å². The highest BCUT2D eigenvalue weighted by atomic mass is 16.5. The van der Waals surface area contributed by atoms with Gasteiger partial charge in [-0.25, -0.2) is 0 Å². The van der Waals surface area contributed by atoms with Crippen LogP contribution in [-0.4, -0.2) is 43.8 Å². The van der Waals surface area contributed by atoms with Crippen LogP contribution >= 0.6 is 0 Å². The SMILES string of the molecule is O=C(O)[C@H]1[C@H](C(=O)O)[C@H](C(=O)N(Cc2ccc(Oc3ccccc3)cc2)Cc2ccc(Oc3ccccc3)cc2)[C@H]1C(=O)N(Cc1ccc(Oc2ccccc2)cc1)Cc1ccc(Oc2ccccc2)cc1. The van der Waals surface area contributed by atoms with Crippen molar-refractivity contribution in [2.45, 2.75) is 26.2 Å². The minimum atomic E-state index is -1.69. The van der Waals surface area contributed by atoms with Crippen molar-refractivity contribution < 1.29 is 48.3 Å². The molecule has 4 atom stereocenters. The lowest BCUT2D eigenvalue weighted by atomic mass is 9.55. The molecule has 1 fully saturated rings. The molecule has 0 aromatic heterocycles. The molecule has 2 amide bonds. The molecule has 0 bridgehead atoms. The van der Waals surface area contributed by atoms with Crippen LogP contribution in [0.3, 0.4) is 0 Å². The molecule has 1 aliphatic carbocycles. The van der Waals surface area contributed by atoms with E-state index in [4.69, 9.17) is 18.9 Å². The molecule has 8 aromatic rings. The number of carboxylic acids is 2. The van der Waals surface area contributed by atoms with Crippen LogP contribution in [-0.2, 0) is 45.4 Å². The number of rotatable bonds is 20. The summed E-state index contributed by atoms with van der Waals surface area (Å²) in [4.78, 5) is 59.9. The highest BCUT2D eigenvalue weighted by Gasteiger charge is 2.65. The summed E-state index contributed by atoms with van der Waals surface area (Å²) >= 11 is 0. The van der Waals surface area contributed by atoms with Crippen molar-refractivity contribution in [3.63, 3.8) is 0 Å². The zero-order valence-corrected chi connectivity index (χ0v) is 39.0. The molecular formula is C60H50N2O10. The zero-order chi connectivity index (χ0) is 49.8. The van der Waals surface area contributed by atoms with Gasteiger partial charge in [-0.1, -0.05) is 121 Å². The summed E-state index contributed by atoms with van der Waals surface area (Å²) in [6, 6.07) is 65.8. The van der Waals surface area contributed by atoms with Gasteiger partial charge >= 0.3 is 11.9 Å². The summed E-state index contributed by atoms with van der Waals surface area (Å²) < 4.78 is 24.1. The van der Waals surface area contributed by atoms with Gasteiger partial charge in [0.1, 0.15) is 46.0 Å². The average molecular weight is 959 g/mol. The first-order valence-electron chi connectivity index (χ1n) is 23.4. The third kappa shape index (κ3) is 12.0. The zero-order valence-electron chi connectivity index (χ0n) is 39.0. The second-order valence-corrected chi connectivity index (χ2v) is 17.4. The lowest BCUT2D eigenvalue weighted by Crippen LogP contribution is -2.64. The second-order valence-electron chi connectivity index (χ2n) is 17.4. The molecule has 0 unspecified atom stereocenters. The van der Waals surface area contributed by atoms with Gasteiger partial charge in [-0.15, -0.1) is 0 Å². The summed E-state index contributed by atoms with van der Waals surface area (Å²) in [6.07, 6.45) is 0. The second kappa shape index (κ2) is 22.5. The molecule has 12 nitrogen and oxygen atoms in total. The van der Waals surface area contributed by atoms with Crippen molar-refractivity contribution in [1.82, 2.24) is 9.80 Å². The number of benzene rings is 8. The predicted molar refractivity (Wildman–Crippen MR) is 270 cm³/mol. The Kier molecular flexibility index (Phi) is 15.0. The van der Waals surface area contributed by atoms with Crippen LogP contribution in [0.25, 0.3) is 0 Å². The van der Waals surface area contributed by atoms with Crippen molar-refractivity contribution in [2.75, 3.05) is 0 Å². The summed E-state index contributed by atoms with van der Waals surface area (Å²) in [5.41, 5.74) is 2.77. The third-order valence-electron chi connectivity index (χ3n) is 12.4. The maximum Gasteiger partial charge on any atom is 0.308 e. The number of aliphatic carboxylic acids is 2. The Morgan fingerprint density at radius 2 is 0.486 bits per heavy atom. The molecule has 0 aliphatic heterocycles. The first kappa shape index (κ1) is 47.9. The van der Waals surface area contributed by atoms with Gasteiger partial charge in [-0.05, 0) is 119 Å².